The molecule has 1 unspecified atom stereocenters. The second-order valence-corrected chi connectivity index (χ2v) is 11.8. The predicted octanol–water partition coefficient (Wildman–Crippen LogP) is 0.722. The Morgan fingerprint density at radius 2 is 1.61 bits per heavy atom. The summed E-state index contributed by atoms with van der Waals surface area (Å²) in [6.07, 6.45) is 3.08. The Morgan fingerprint density at radius 1 is 0.891 bits per heavy atom. The standard InChI is InChI=1S/C33H46N8O5/c1-41(18-15-34,19-16-37-31(44)27(36)21-30(42)43)17-7-11-26(35)32(45)40-29(14-13-23-8-3-2-4-9-23)33(46)39-25-20-24-10-5-6-12-28(24)38-22-25/h2-6,8-10,12,20,22,26-27,29H,7,11,13-19,21,34-36H2,1H3,(H3-,37,39,40,42,43,44,45,46)/p+1/t26-,27-,29-,41?/m0/s1. The minimum atomic E-state index is -1.14. The zero-order valence-electron chi connectivity index (χ0n) is 26.4. The summed E-state index contributed by atoms with van der Waals surface area (Å²) in [4.78, 5) is 53.9. The molecular weight excluding hydrogens is 588 g/mol. The smallest absolute Gasteiger partial charge is 0.305 e. The molecule has 0 aliphatic heterocycles. The lowest BCUT2D eigenvalue weighted by Crippen LogP contribution is -2.53. The van der Waals surface area contributed by atoms with Crippen LogP contribution in [0.1, 0.15) is 31.2 Å². The zero-order chi connectivity index (χ0) is 33.5. The first-order valence-corrected chi connectivity index (χ1v) is 15.5. The van der Waals surface area contributed by atoms with Gasteiger partial charge in [-0.1, -0.05) is 48.5 Å². The van der Waals surface area contributed by atoms with Crippen molar-refractivity contribution in [3.8, 4) is 0 Å². The minimum absolute atomic E-state index is 0.292. The number of benzene rings is 2. The topological polar surface area (TPSA) is 216 Å². The number of carboxylic acids is 1. The molecule has 4 atom stereocenters. The fourth-order valence-electron chi connectivity index (χ4n) is 5.20. The van der Waals surface area contributed by atoms with Gasteiger partial charge >= 0.3 is 5.97 Å². The van der Waals surface area contributed by atoms with E-state index in [4.69, 9.17) is 22.3 Å². The minimum Gasteiger partial charge on any atom is -0.481 e. The van der Waals surface area contributed by atoms with Gasteiger partial charge in [-0.25, -0.2) is 0 Å². The predicted molar refractivity (Wildman–Crippen MR) is 177 cm³/mol. The van der Waals surface area contributed by atoms with Gasteiger partial charge in [-0.3, -0.25) is 24.2 Å². The van der Waals surface area contributed by atoms with Gasteiger partial charge in [0.25, 0.3) is 0 Å². The quantitative estimate of drug-likeness (QED) is 0.0923. The lowest BCUT2D eigenvalue weighted by molar-refractivity contribution is -0.907. The third kappa shape index (κ3) is 11.8. The molecule has 0 saturated carbocycles. The second kappa shape index (κ2) is 17.9. The summed E-state index contributed by atoms with van der Waals surface area (Å²) in [7, 11) is 1.99. The number of rotatable bonds is 19. The van der Waals surface area contributed by atoms with Crippen LogP contribution in [0.4, 0.5) is 5.69 Å². The van der Waals surface area contributed by atoms with E-state index in [1.165, 1.54) is 0 Å². The second-order valence-electron chi connectivity index (χ2n) is 11.8. The van der Waals surface area contributed by atoms with Crippen molar-refractivity contribution in [1.29, 1.82) is 0 Å². The molecule has 0 spiro atoms. The number of anilines is 1. The monoisotopic (exact) mass is 635 g/mol. The number of hydrogen-bond acceptors (Lipinski definition) is 8. The van der Waals surface area contributed by atoms with E-state index in [1.54, 1.807) is 6.20 Å². The number of carbonyl (C=O) groups is 4. The van der Waals surface area contributed by atoms with Crippen LogP contribution in [0.3, 0.4) is 0 Å². The van der Waals surface area contributed by atoms with E-state index in [1.807, 2.05) is 67.7 Å². The number of nitrogens with zero attached hydrogens (tertiary/aromatic N) is 2. The summed E-state index contributed by atoms with van der Waals surface area (Å²) < 4.78 is 0.515. The van der Waals surface area contributed by atoms with Crippen LogP contribution in [0.15, 0.2) is 66.9 Å². The fraction of sp³-hybridized carbons (Fsp3) is 0.424. The highest BCUT2D eigenvalue weighted by Gasteiger charge is 2.26. The van der Waals surface area contributed by atoms with Crippen molar-refractivity contribution < 1.29 is 28.8 Å². The van der Waals surface area contributed by atoms with Crippen molar-refractivity contribution in [3.63, 3.8) is 0 Å². The van der Waals surface area contributed by atoms with Gasteiger partial charge in [-0.2, -0.15) is 0 Å². The fourth-order valence-corrected chi connectivity index (χ4v) is 5.20. The maximum absolute atomic E-state index is 13.4. The van der Waals surface area contributed by atoms with Gasteiger partial charge < -0.3 is 42.7 Å². The Morgan fingerprint density at radius 3 is 2.33 bits per heavy atom. The van der Waals surface area contributed by atoms with E-state index in [-0.39, 0.29) is 5.91 Å². The number of hydrogen-bond donors (Lipinski definition) is 7. The summed E-state index contributed by atoms with van der Waals surface area (Å²) in [5.41, 5.74) is 20.2. The normalized spacial score (nSPS) is 14.4. The molecule has 2 aromatic carbocycles. The first kappa shape index (κ1) is 36.0. The maximum atomic E-state index is 13.4. The third-order valence-electron chi connectivity index (χ3n) is 7.96. The van der Waals surface area contributed by atoms with Crippen molar-refractivity contribution in [2.45, 2.75) is 50.2 Å². The molecule has 0 aliphatic carbocycles. The molecule has 3 amide bonds. The maximum Gasteiger partial charge on any atom is 0.305 e. The van der Waals surface area contributed by atoms with Crippen LogP contribution in [0, 0.1) is 0 Å². The molecule has 0 fully saturated rings. The molecule has 0 bridgehead atoms. The van der Waals surface area contributed by atoms with Crippen molar-refractivity contribution in [3.05, 3.63) is 72.4 Å². The van der Waals surface area contributed by atoms with Gasteiger partial charge in [0.05, 0.1) is 69.1 Å². The number of aliphatic carboxylic acids is 1. The van der Waals surface area contributed by atoms with Crippen molar-refractivity contribution in [1.82, 2.24) is 15.6 Å². The van der Waals surface area contributed by atoms with E-state index in [0.29, 0.717) is 68.6 Å². The molecule has 1 heterocycles. The summed E-state index contributed by atoms with van der Waals surface area (Å²) >= 11 is 0. The van der Waals surface area contributed by atoms with Crippen molar-refractivity contribution >= 4 is 40.3 Å². The molecule has 3 aromatic rings. The molecular formula is C33H47N8O5+. The van der Waals surface area contributed by atoms with Crippen LogP contribution in [0.5, 0.6) is 0 Å². The average Bonchev–Trinajstić information content (AvgIpc) is 3.03. The summed E-state index contributed by atoms with van der Waals surface area (Å²) in [6, 6.07) is 16.4. The molecule has 0 radical (unpaired) electrons. The SMILES string of the molecule is C[N+](CCN)(CCC[C@H](N)C(=O)N[C@@H](CCc1ccccc1)C(=O)Nc1cnc2ccccc2c1)CCNC(=O)[C@@H](N)CC(=O)O. The van der Waals surface area contributed by atoms with Crippen LogP contribution in [-0.4, -0.2) is 96.2 Å². The van der Waals surface area contributed by atoms with Gasteiger partial charge in [-0.15, -0.1) is 0 Å². The summed E-state index contributed by atoms with van der Waals surface area (Å²) in [5.74, 6) is -2.44. The first-order chi connectivity index (χ1) is 22.0. The number of amides is 3. The highest BCUT2D eigenvalue weighted by molar-refractivity contribution is 5.99. The van der Waals surface area contributed by atoms with E-state index in [2.05, 4.69) is 20.9 Å². The number of aromatic nitrogens is 1. The lowest BCUT2D eigenvalue weighted by Gasteiger charge is -2.35. The molecule has 46 heavy (non-hydrogen) atoms. The molecule has 0 saturated heterocycles. The molecule has 10 N–H and O–H groups in total. The van der Waals surface area contributed by atoms with Gasteiger partial charge in [0, 0.05) is 11.9 Å². The first-order valence-electron chi connectivity index (χ1n) is 15.5. The van der Waals surface area contributed by atoms with Crippen molar-refractivity contribution in [2.24, 2.45) is 17.2 Å². The number of pyridine rings is 1. The molecule has 1 aromatic heterocycles. The summed E-state index contributed by atoms with van der Waals surface area (Å²) in [6.45, 7) is 2.52. The number of nitrogens with two attached hydrogens (primary N) is 3. The Balaban J connectivity index is 1.57. The molecule has 0 aliphatic rings. The van der Waals surface area contributed by atoms with E-state index in [9.17, 15) is 19.2 Å². The Bertz CT molecular complexity index is 1460. The molecule has 13 heteroatoms. The zero-order valence-corrected chi connectivity index (χ0v) is 26.4. The summed E-state index contributed by atoms with van der Waals surface area (Å²) in [5, 5.41) is 18.2. The largest absolute Gasteiger partial charge is 0.481 e. The van der Waals surface area contributed by atoms with Gasteiger partial charge in [0.1, 0.15) is 6.04 Å². The highest BCUT2D eigenvalue weighted by Crippen LogP contribution is 2.17. The van der Waals surface area contributed by atoms with E-state index >= 15 is 0 Å². The molecule has 13 nitrogen and oxygen atoms in total. The lowest BCUT2D eigenvalue weighted by atomic mass is 10.0. The number of nitrogens with one attached hydrogen (secondary N) is 3. The Labute approximate surface area is 269 Å². The van der Waals surface area contributed by atoms with E-state index < -0.39 is 42.3 Å². The Hall–Kier alpha value is -4.43. The number of carbonyl (C=O) groups excluding carboxylic acids is 3. The molecule has 248 valence electrons. The van der Waals surface area contributed by atoms with Crippen LogP contribution >= 0.6 is 0 Å². The van der Waals surface area contributed by atoms with Crippen LogP contribution < -0.4 is 33.2 Å². The third-order valence-corrected chi connectivity index (χ3v) is 7.96. The van der Waals surface area contributed by atoms with Crippen LogP contribution in [-0.2, 0) is 25.6 Å². The number of carboxylic acid groups (broad SMARTS) is 1. The number of para-hydroxylation sites is 1. The number of fused-ring (bicyclic) bond motifs is 1. The molecule has 3 rings (SSSR count). The number of aryl methyl sites for hydroxylation is 1. The van der Waals surface area contributed by atoms with Crippen molar-refractivity contribution in [2.75, 3.05) is 45.1 Å². The van der Waals surface area contributed by atoms with Gasteiger partial charge in [0.2, 0.25) is 17.7 Å². The number of quaternary nitrogens is 1. The van der Waals surface area contributed by atoms with Crippen LogP contribution in [0.2, 0.25) is 0 Å². The van der Waals surface area contributed by atoms with Crippen LogP contribution in [0.25, 0.3) is 10.9 Å². The average molecular weight is 636 g/mol. The number of likely N-dealkylation sites (N-methyl/N-ethyl adjacent to an activating group) is 1. The Kier molecular flexibility index (Phi) is 14.0. The highest BCUT2D eigenvalue weighted by atomic mass is 16.4. The van der Waals surface area contributed by atoms with Gasteiger partial charge in [-0.05, 0) is 43.4 Å². The van der Waals surface area contributed by atoms with E-state index in [0.717, 1.165) is 16.5 Å². The van der Waals surface area contributed by atoms with Gasteiger partial charge in [0.15, 0.2) is 0 Å².